The zero-order chi connectivity index (χ0) is 24.0. The highest BCUT2D eigenvalue weighted by atomic mass is 28.3. The van der Waals surface area contributed by atoms with Crippen molar-refractivity contribution in [2.75, 3.05) is 11.9 Å². The van der Waals surface area contributed by atoms with Gasteiger partial charge in [-0.15, -0.1) is 0 Å². The molecule has 178 valence electrons. The van der Waals surface area contributed by atoms with E-state index in [1.54, 1.807) is 17.0 Å². The van der Waals surface area contributed by atoms with Gasteiger partial charge in [0.1, 0.15) is 12.7 Å². The smallest absolute Gasteiger partial charge is 0.410 e. The number of aliphatic hydroxyl groups is 1. The number of aromatic nitrogens is 2. The molecule has 1 aliphatic heterocycles. The van der Waals surface area contributed by atoms with Crippen LogP contribution in [0, 0.1) is 0 Å². The lowest BCUT2D eigenvalue weighted by molar-refractivity contribution is -0.121. The van der Waals surface area contributed by atoms with Crippen LogP contribution in [-0.2, 0) is 21.6 Å². The molecule has 9 heteroatoms. The number of aliphatic hydroxyl groups excluding tert-OH is 1. The first-order valence-corrected chi connectivity index (χ1v) is 15.0. The molecule has 1 atom stereocenters. The second-order valence-corrected chi connectivity index (χ2v) is 16.2. The number of carbonyl (C=O) groups is 2. The molecule has 1 aromatic heterocycles. The second-order valence-electron chi connectivity index (χ2n) is 10.7. The average Bonchev–Trinajstić information content (AvgIpc) is 3.22. The number of rotatable bonds is 6. The Kier molecular flexibility index (Phi) is 5.90. The van der Waals surface area contributed by atoms with Gasteiger partial charge in [-0.1, -0.05) is 56.4 Å². The summed E-state index contributed by atoms with van der Waals surface area (Å²) in [6.07, 6.45) is 1.52. The molecule has 2 heterocycles. The SMILES string of the molecule is CC1(C)c2[nH]nc(NC(=O)C3([Si](C)(C)C)CCC3)c2CN1C(=O)OCC(O)c1ccccc1. The summed E-state index contributed by atoms with van der Waals surface area (Å²) < 4.78 is 5.45. The summed E-state index contributed by atoms with van der Waals surface area (Å²) in [5.74, 6) is 0.541. The molecule has 1 unspecified atom stereocenters. The molecule has 3 N–H and O–H groups in total. The zero-order valence-corrected chi connectivity index (χ0v) is 21.1. The van der Waals surface area contributed by atoms with E-state index in [-0.39, 0.29) is 24.1 Å². The van der Waals surface area contributed by atoms with Gasteiger partial charge in [-0.05, 0) is 32.3 Å². The number of nitrogens with one attached hydrogen (secondary N) is 2. The van der Waals surface area contributed by atoms with Gasteiger partial charge in [0.25, 0.3) is 0 Å². The number of ether oxygens (including phenoxy) is 1. The van der Waals surface area contributed by atoms with Crippen LogP contribution in [0.15, 0.2) is 30.3 Å². The molecule has 0 spiro atoms. The average molecular weight is 471 g/mol. The lowest BCUT2D eigenvalue weighted by Crippen LogP contribution is -2.52. The van der Waals surface area contributed by atoms with Crippen LogP contribution >= 0.6 is 0 Å². The number of amides is 2. The minimum atomic E-state index is -1.71. The van der Waals surface area contributed by atoms with E-state index in [1.807, 2.05) is 32.0 Å². The van der Waals surface area contributed by atoms with Gasteiger partial charge in [0.15, 0.2) is 5.82 Å². The summed E-state index contributed by atoms with van der Waals surface area (Å²) in [6, 6.07) is 9.10. The molecule has 4 rings (SSSR count). The van der Waals surface area contributed by atoms with E-state index < -0.39 is 25.8 Å². The quantitative estimate of drug-likeness (QED) is 0.538. The van der Waals surface area contributed by atoms with Crippen molar-refractivity contribution >= 4 is 25.9 Å². The highest BCUT2D eigenvalue weighted by Crippen LogP contribution is 2.56. The topological polar surface area (TPSA) is 108 Å². The van der Waals surface area contributed by atoms with Gasteiger partial charge in [0.2, 0.25) is 5.91 Å². The van der Waals surface area contributed by atoms with Crippen LogP contribution in [0.1, 0.15) is 56.0 Å². The van der Waals surface area contributed by atoms with Crippen LogP contribution in [0.5, 0.6) is 0 Å². The van der Waals surface area contributed by atoms with Crippen LogP contribution in [0.2, 0.25) is 24.7 Å². The lowest BCUT2D eigenvalue weighted by atomic mass is 9.83. The molecule has 1 fully saturated rings. The first-order valence-electron chi connectivity index (χ1n) is 11.5. The minimum Gasteiger partial charge on any atom is -0.446 e. The van der Waals surface area contributed by atoms with Crippen LogP contribution < -0.4 is 5.32 Å². The third-order valence-electron chi connectivity index (χ3n) is 7.55. The third-order valence-corrected chi connectivity index (χ3v) is 11.1. The Labute approximate surface area is 195 Å². The van der Waals surface area contributed by atoms with Crippen molar-refractivity contribution in [3.63, 3.8) is 0 Å². The first kappa shape index (κ1) is 23.5. The summed E-state index contributed by atoms with van der Waals surface area (Å²) in [5, 5.41) is 20.6. The fourth-order valence-corrected chi connectivity index (χ4v) is 7.58. The van der Waals surface area contributed by atoms with E-state index in [0.29, 0.717) is 11.4 Å². The number of benzene rings is 1. The lowest BCUT2D eigenvalue weighted by Gasteiger charge is -2.48. The van der Waals surface area contributed by atoms with Crippen molar-refractivity contribution in [2.24, 2.45) is 0 Å². The Bertz CT molecular complexity index is 1040. The maximum absolute atomic E-state index is 13.3. The molecule has 33 heavy (non-hydrogen) atoms. The fraction of sp³-hybridized carbons (Fsp3) is 0.542. The molecule has 0 saturated heterocycles. The van der Waals surface area contributed by atoms with Gasteiger partial charge in [-0.25, -0.2) is 4.79 Å². The predicted molar refractivity (Wildman–Crippen MR) is 128 cm³/mol. The summed E-state index contributed by atoms with van der Waals surface area (Å²) in [7, 11) is -1.71. The van der Waals surface area contributed by atoms with Gasteiger partial charge in [-0.3, -0.25) is 14.8 Å². The third kappa shape index (κ3) is 3.97. The van der Waals surface area contributed by atoms with Crippen molar-refractivity contribution in [2.45, 2.75) is 76.0 Å². The molecule has 0 radical (unpaired) electrons. The number of anilines is 1. The van der Waals surface area contributed by atoms with Crippen LogP contribution in [0.4, 0.5) is 10.6 Å². The molecule has 2 amide bonds. The molecule has 1 aromatic carbocycles. The van der Waals surface area contributed by atoms with Gasteiger partial charge in [0, 0.05) is 10.6 Å². The number of fused-ring (bicyclic) bond motifs is 1. The minimum absolute atomic E-state index is 0.0482. The molecule has 1 saturated carbocycles. The molecular formula is C24H34N4O4Si. The fourth-order valence-electron chi connectivity index (χ4n) is 4.99. The first-order chi connectivity index (χ1) is 15.5. The highest BCUT2D eigenvalue weighted by molar-refractivity contribution is 6.83. The number of aromatic amines is 1. The number of hydrogen-bond donors (Lipinski definition) is 3. The highest BCUT2D eigenvalue weighted by Gasteiger charge is 2.54. The standard InChI is InChI=1S/C24H34N4O4Si/c1-23(2)19-17(14-28(23)22(31)32-15-18(29)16-10-7-6-8-11-16)20(27-26-19)25-21(30)24(12-9-13-24)33(3,4)5/h6-8,10-11,18,29H,9,12-15H2,1-5H3,(H2,25,26,27,30). The number of H-pyrrole nitrogens is 1. The second kappa shape index (κ2) is 8.29. The molecule has 2 aliphatic rings. The number of nitrogens with zero attached hydrogens (tertiary/aromatic N) is 2. The van der Waals surface area contributed by atoms with Gasteiger partial charge >= 0.3 is 6.09 Å². The van der Waals surface area contributed by atoms with E-state index in [0.717, 1.165) is 30.5 Å². The summed E-state index contributed by atoms with van der Waals surface area (Å²) in [4.78, 5) is 27.8. The molecule has 2 aromatic rings. The Morgan fingerprint density at radius 1 is 1.24 bits per heavy atom. The molecule has 8 nitrogen and oxygen atoms in total. The van der Waals surface area contributed by atoms with Gasteiger partial charge < -0.3 is 15.2 Å². The monoisotopic (exact) mass is 470 g/mol. The van der Waals surface area contributed by atoms with Crippen LogP contribution in [-0.4, -0.2) is 46.9 Å². The van der Waals surface area contributed by atoms with Crippen molar-refractivity contribution < 1.29 is 19.4 Å². The van der Waals surface area contributed by atoms with Gasteiger partial charge in [-0.2, -0.15) is 5.10 Å². The van der Waals surface area contributed by atoms with Crippen LogP contribution in [0.3, 0.4) is 0 Å². The van der Waals surface area contributed by atoms with E-state index in [2.05, 4.69) is 35.2 Å². The van der Waals surface area contributed by atoms with Crippen molar-refractivity contribution in [3.8, 4) is 0 Å². The Morgan fingerprint density at radius 3 is 2.48 bits per heavy atom. The normalized spacial score (nSPS) is 19.4. The number of carbonyl (C=O) groups excluding carboxylic acids is 2. The van der Waals surface area contributed by atoms with Gasteiger partial charge in [0.05, 0.1) is 25.9 Å². The maximum atomic E-state index is 13.3. The Hall–Kier alpha value is -2.65. The van der Waals surface area contributed by atoms with E-state index >= 15 is 0 Å². The van der Waals surface area contributed by atoms with Crippen molar-refractivity contribution in [1.82, 2.24) is 15.1 Å². The predicted octanol–water partition coefficient (Wildman–Crippen LogP) is 4.53. The summed E-state index contributed by atoms with van der Waals surface area (Å²) in [5.41, 5.74) is 1.60. The summed E-state index contributed by atoms with van der Waals surface area (Å²) >= 11 is 0. The zero-order valence-electron chi connectivity index (χ0n) is 20.1. The summed E-state index contributed by atoms with van der Waals surface area (Å²) in [6.45, 7) is 10.7. The van der Waals surface area contributed by atoms with E-state index in [4.69, 9.17) is 4.74 Å². The Balaban J connectivity index is 1.45. The molecular weight excluding hydrogens is 436 g/mol. The van der Waals surface area contributed by atoms with Crippen molar-refractivity contribution in [3.05, 3.63) is 47.2 Å². The number of hydrogen-bond acceptors (Lipinski definition) is 5. The molecule has 0 bridgehead atoms. The van der Waals surface area contributed by atoms with E-state index in [1.165, 1.54) is 0 Å². The molecule has 1 aliphatic carbocycles. The largest absolute Gasteiger partial charge is 0.446 e. The Morgan fingerprint density at radius 2 is 1.91 bits per heavy atom. The van der Waals surface area contributed by atoms with Crippen molar-refractivity contribution in [1.29, 1.82) is 0 Å². The van der Waals surface area contributed by atoms with Crippen LogP contribution in [0.25, 0.3) is 0 Å². The maximum Gasteiger partial charge on any atom is 0.410 e. The van der Waals surface area contributed by atoms with E-state index in [9.17, 15) is 14.7 Å².